The average molecular weight is 429 g/mol. The maximum atomic E-state index is 4.93. The van der Waals surface area contributed by atoms with Crippen molar-refractivity contribution in [2.75, 3.05) is 0 Å². The van der Waals surface area contributed by atoms with E-state index in [-0.39, 0.29) is 14.9 Å². The van der Waals surface area contributed by atoms with Gasteiger partial charge in [-0.2, -0.15) is 0 Å². The molecule has 3 heteroatoms. The molecule has 3 saturated carbocycles. The molecule has 0 aromatic heterocycles. The van der Waals surface area contributed by atoms with E-state index in [1.54, 1.807) is 0 Å². The van der Waals surface area contributed by atoms with Crippen LogP contribution in [0.25, 0.3) is 0 Å². The van der Waals surface area contributed by atoms with Gasteiger partial charge in [-0.15, -0.1) is 0 Å². The van der Waals surface area contributed by atoms with Gasteiger partial charge in [0.15, 0.2) is 0 Å². The number of fused-ring (bicyclic) bond motifs is 1. The number of halogens is 2. The van der Waals surface area contributed by atoms with Crippen LogP contribution in [0.1, 0.15) is 78.6 Å². The Balaban J connectivity index is 0. The van der Waals surface area contributed by atoms with Crippen molar-refractivity contribution in [1.29, 1.82) is 0 Å². The van der Waals surface area contributed by atoms with Crippen LogP contribution in [0.2, 0.25) is 0 Å². The first kappa shape index (κ1) is 25.7. The monoisotopic (exact) mass is 426 g/mol. The van der Waals surface area contributed by atoms with E-state index in [0.29, 0.717) is 0 Å². The Morgan fingerprint density at radius 3 is 1.27 bits per heavy atom. The molecular weight excluding hydrogens is 390 g/mol. The van der Waals surface area contributed by atoms with Crippen molar-refractivity contribution in [2.45, 2.75) is 78.6 Å². The Hall–Kier alpha value is 1.46. The molecule has 132 valence electrons. The van der Waals surface area contributed by atoms with Gasteiger partial charge in [0, 0.05) is 0 Å². The summed E-state index contributed by atoms with van der Waals surface area (Å²) >= 11 is -0.826. The van der Waals surface area contributed by atoms with E-state index >= 15 is 0 Å². The Bertz CT molecular complexity index is 226. The summed E-state index contributed by atoms with van der Waals surface area (Å²) in [5.74, 6) is 5.35. The summed E-state index contributed by atoms with van der Waals surface area (Å²) < 4.78 is 0. The number of hydrogen-bond acceptors (Lipinski definition) is 0. The summed E-state index contributed by atoms with van der Waals surface area (Å²) in [7, 11) is 9.87. The van der Waals surface area contributed by atoms with Gasteiger partial charge in [-0.1, -0.05) is 65.7 Å². The van der Waals surface area contributed by atoms with Crippen LogP contribution in [-0.4, -0.2) is 0 Å². The molecule has 0 radical (unpaired) electrons. The van der Waals surface area contributed by atoms with Crippen LogP contribution < -0.4 is 0 Å². The van der Waals surface area contributed by atoms with Crippen molar-refractivity contribution in [3.05, 3.63) is 14.9 Å². The van der Waals surface area contributed by atoms with E-state index in [9.17, 15) is 0 Å². The van der Waals surface area contributed by atoms with Crippen molar-refractivity contribution >= 4 is 17.0 Å². The third-order valence-corrected chi connectivity index (χ3v) is 5.81. The molecule has 22 heavy (non-hydrogen) atoms. The Morgan fingerprint density at radius 1 is 0.636 bits per heavy atom. The molecule has 0 aromatic carbocycles. The molecule has 3 fully saturated rings. The topological polar surface area (TPSA) is 0 Å². The van der Waals surface area contributed by atoms with E-state index in [2.05, 4.69) is 20.8 Å². The second kappa shape index (κ2) is 14.8. The van der Waals surface area contributed by atoms with Crippen LogP contribution in [0.3, 0.4) is 0 Å². The van der Waals surface area contributed by atoms with Gasteiger partial charge in [0.25, 0.3) is 0 Å². The van der Waals surface area contributed by atoms with Gasteiger partial charge in [0.05, 0.1) is 0 Å². The SMILES string of the molecule is CC1CCC(C)C2CCCC12.CC1CCCC1.[CH3-].[CH3-].[Cl][Zr+2][Cl]. The van der Waals surface area contributed by atoms with Gasteiger partial charge in [-0.05, 0) is 42.4 Å². The van der Waals surface area contributed by atoms with Crippen molar-refractivity contribution in [3.63, 3.8) is 0 Å². The predicted molar refractivity (Wildman–Crippen MR) is 101 cm³/mol. The second-order valence-corrected chi connectivity index (χ2v) is 11.0. The first-order valence-electron chi connectivity index (χ1n) is 8.56. The molecule has 0 spiro atoms. The first-order chi connectivity index (χ1) is 9.60. The molecule has 0 bridgehead atoms. The van der Waals surface area contributed by atoms with E-state index in [4.69, 9.17) is 17.0 Å². The molecule has 0 nitrogen and oxygen atoms in total. The van der Waals surface area contributed by atoms with Gasteiger partial charge >= 0.3 is 37.9 Å². The maximum absolute atomic E-state index is 4.93. The van der Waals surface area contributed by atoms with Gasteiger partial charge < -0.3 is 14.9 Å². The molecule has 3 rings (SSSR count). The van der Waals surface area contributed by atoms with E-state index < -0.39 is 20.8 Å². The van der Waals surface area contributed by atoms with Crippen LogP contribution in [-0.2, 0) is 20.8 Å². The van der Waals surface area contributed by atoms with E-state index in [1.807, 2.05) is 0 Å². The molecular formula is C19H38Cl2Zr. The van der Waals surface area contributed by atoms with Crippen LogP contribution in [0.15, 0.2) is 0 Å². The Labute approximate surface area is 160 Å². The van der Waals surface area contributed by atoms with Gasteiger partial charge in [-0.25, -0.2) is 0 Å². The third kappa shape index (κ3) is 9.08. The normalized spacial score (nSPS) is 32.8. The standard InChI is InChI=1S/C11H20.C6H12.2CH3.2ClH.Zr/c1-8-6-7-9(2)11-5-3-4-10(8)11;1-6-4-2-3-5-6;;;;;/h8-11H,3-7H2,1-2H3;6H,2-5H2,1H3;2*1H3;2*1H;/q;;2*-1;;;+4/p-2. The van der Waals surface area contributed by atoms with Crippen LogP contribution in [0.5, 0.6) is 0 Å². The van der Waals surface area contributed by atoms with Crippen LogP contribution in [0, 0.1) is 44.4 Å². The van der Waals surface area contributed by atoms with Gasteiger partial charge in [0.1, 0.15) is 0 Å². The molecule has 0 amide bonds. The fraction of sp³-hybridized carbons (Fsp3) is 0.895. The van der Waals surface area contributed by atoms with Gasteiger partial charge in [-0.3, -0.25) is 0 Å². The average Bonchev–Trinajstić information content (AvgIpc) is 3.07. The zero-order valence-corrected chi connectivity index (χ0v) is 19.5. The Kier molecular flexibility index (Phi) is 17.3. The molecule has 0 aromatic rings. The predicted octanol–water partition coefficient (Wildman–Crippen LogP) is 7.94. The van der Waals surface area contributed by atoms with E-state index in [1.165, 1.54) is 57.8 Å². The molecule has 0 N–H and O–H groups in total. The quantitative estimate of drug-likeness (QED) is 0.343. The zero-order valence-electron chi connectivity index (χ0n) is 15.5. The van der Waals surface area contributed by atoms with Gasteiger partial charge in [0.2, 0.25) is 0 Å². The number of hydrogen-bond donors (Lipinski definition) is 0. The Morgan fingerprint density at radius 2 is 1.00 bits per heavy atom. The summed E-state index contributed by atoms with van der Waals surface area (Å²) in [4.78, 5) is 0. The molecule has 0 aliphatic heterocycles. The zero-order chi connectivity index (χ0) is 15.0. The van der Waals surface area contributed by atoms with E-state index in [0.717, 1.165) is 29.6 Å². The molecule has 3 aliphatic carbocycles. The van der Waals surface area contributed by atoms with Crippen molar-refractivity contribution in [3.8, 4) is 0 Å². The summed E-state index contributed by atoms with van der Waals surface area (Å²) in [6.07, 6.45) is 13.5. The van der Waals surface area contributed by atoms with Crippen LogP contribution in [0.4, 0.5) is 0 Å². The summed E-state index contributed by atoms with van der Waals surface area (Å²) in [5, 5.41) is 0. The van der Waals surface area contributed by atoms with Crippen molar-refractivity contribution in [2.24, 2.45) is 29.6 Å². The molecule has 4 unspecified atom stereocenters. The second-order valence-electron chi connectivity index (χ2n) is 7.25. The third-order valence-electron chi connectivity index (χ3n) is 5.81. The fourth-order valence-electron chi connectivity index (χ4n) is 4.51. The molecule has 4 atom stereocenters. The minimum absolute atomic E-state index is 0. The van der Waals surface area contributed by atoms with Crippen LogP contribution >= 0.6 is 17.0 Å². The summed E-state index contributed by atoms with van der Waals surface area (Å²) in [5.41, 5.74) is 0. The molecule has 0 heterocycles. The fourth-order valence-corrected chi connectivity index (χ4v) is 4.51. The van der Waals surface area contributed by atoms with Crippen molar-refractivity contribution < 1.29 is 20.8 Å². The molecule has 0 saturated heterocycles. The summed E-state index contributed by atoms with van der Waals surface area (Å²) in [6, 6.07) is 0. The number of rotatable bonds is 0. The first-order valence-corrected chi connectivity index (χ1v) is 14.9. The summed E-state index contributed by atoms with van der Waals surface area (Å²) in [6.45, 7) is 7.27. The van der Waals surface area contributed by atoms with Crippen molar-refractivity contribution in [1.82, 2.24) is 0 Å². The molecule has 3 aliphatic rings. The minimum atomic E-state index is -0.826.